The molecular weight excluding hydrogens is 260 g/mol. The van der Waals surface area contributed by atoms with Crippen LogP contribution in [-0.2, 0) is 0 Å². The monoisotopic (exact) mass is 276 g/mol. The standard InChI is InChI=1S/C15H17ClN2O/c1-10(11-4-3-5-12(16)6-11)18-14-7-13(17)8-15(9-14)19-2/h3-10,18H,17H2,1-2H3. The number of nitrogen functional groups attached to an aromatic ring is 1. The third-order valence-corrected chi connectivity index (χ3v) is 3.13. The van der Waals surface area contributed by atoms with Crippen LogP contribution in [0, 0.1) is 0 Å². The highest BCUT2D eigenvalue weighted by Gasteiger charge is 2.07. The number of nitrogens with one attached hydrogen (secondary N) is 1. The van der Waals surface area contributed by atoms with E-state index >= 15 is 0 Å². The van der Waals surface area contributed by atoms with E-state index < -0.39 is 0 Å². The topological polar surface area (TPSA) is 47.3 Å². The van der Waals surface area contributed by atoms with Crippen molar-refractivity contribution in [1.29, 1.82) is 0 Å². The van der Waals surface area contributed by atoms with Crippen LogP contribution < -0.4 is 15.8 Å². The second-order valence-corrected chi connectivity index (χ2v) is 4.85. The molecule has 0 aromatic heterocycles. The molecule has 0 radical (unpaired) electrons. The van der Waals surface area contributed by atoms with Crippen molar-refractivity contribution in [3.8, 4) is 5.75 Å². The van der Waals surface area contributed by atoms with Gasteiger partial charge in [-0.2, -0.15) is 0 Å². The number of benzene rings is 2. The van der Waals surface area contributed by atoms with Crippen molar-refractivity contribution in [3.05, 3.63) is 53.1 Å². The van der Waals surface area contributed by atoms with Crippen LogP contribution in [0.3, 0.4) is 0 Å². The zero-order chi connectivity index (χ0) is 13.8. The SMILES string of the molecule is COc1cc(N)cc(NC(C)c2cccc(Cl)c2)c1. The first kappa shape index (κ1) is 13.6. The lowest BCUT2D eigenvalue weighted by Crippen LogP contribution is -2.07. The highest BCUT2D eigenvalue weighted by Crippen LogP contribution is 2.26. The fourth-order valence-corrected chi connectivity index (χ4v) is 2.13. The minimum absolute atomic E-state index is 0.130. The summed E-state index contributed by atoms with van der Waals surface area (Å²) in [7, 11) is 1.62. The maximum absolute atomic E-state index is 6.00. The zero-order valence-corrected chi connectivity index (χ0v) is 11.7. The lowest BCUT2D eigenvalue weighted by atomic mass is 10.1. The Hall–Kier alpha value is -1.87. The molecule has 2 rings (SSSR count). The second-order valence-electron chi connectivity index (χ2n) is 4.42. The van der Waals surface area contributed by atoms with Gasteiger partial charge in [0, 0.05) is 34.6 Å². The zero-order valence-electron chi connectivity index (χ0n) is 11.0. The van der Waals surface area contributed by atoms with Gasteiger partial charge in [-0.05, 0) is 30.7 Å². The van der Waals surface area contributed by atoms with Gasteiger partial charge >= 0.3 is 0 Å². The van der Waals surface area contributed by atoms with Gasteiger partial charge in [0.05, 0.1) is 7.11 Å². The first-order valence-corrected chi connectivity index (χ1v) is 6.43. The molecule has 0 fully saturated rings. The molecule has 0 amide bonds. The number of hydrogen-bond donors (Lipinski definition) is 2. The van der Waals surface area contributed by atoms with Crippen molar-refractivity contribution in [2.24, 2.45) is 0 Å². The fourth-order valence-electron chi connectivity index (χ4n) is 1.93. The van der Waals surface area contributed by atoms with Crippen LogP contribution in [0.5, 0.6) is 5.75 Å². The molecule has 0 aliphatic rings. The summed E-state index contributed by atoms with van der Waals surface area (Å²) in [5.74, 6) is 0.737. The lowest BCUT2D eigenvalue weighted by Gasteiger charge is -2.17. The van der Waals surface area contributed by atoms with Crippen molar-refractivity contribution in [2.75, 3.05) is 18.2 Å². The predicted molar refractivity (Wildman–Crippen MR) is 80.9 cm³/mol. The molecule has 100 valence electrons. The summed E-state index contributed by atoms with van der Waals surface area (Å²) in [6, 6.07) is 13.5. The predicted octanol–water partition coefficient (Wildman–Crippen LogP) is 4.10. The van der Waals surface area contributed by atoms with E-state index in [0.717, 1.165) is 22.0 Å². The minimum atomic E-state index is 0.130. The molecule has 19 heavy (non-hydrogen) atoms. The van der Waals surface area contributed by atoms with Crippen LogP contribution in [-0.4, -0.2) is 7.11 Å². The molecule has 0 saturated carbocycles. The molecule has 0 aliphatic heterocycles. The lowest BCUT2D eigenvalue weighted by molar-refractivity contribution is 0.415. The molecule has 0 heterocycles. The van der Waals surface area contributed by atoms with E-state index in [0.29, 0.717) is 5.69 Å². The molecule has 1 atom stereocenters. The number of anilines is 2. The van der Waals surface area contributed by atoms with Gasteiger partial charge in [-0.25, -0.2) is 0 Å². The third kappa shape index (κ3) is 3.55. The van der Waals surface area contributed by atoms with Crippen molar-refractivity contribution in [1.82, 2.24) is 0 Å². The van der Waals surface area contributed by atoms with E-state index in [1.165, 1.54) is 0 Å². The summed E-state index contributed by atoms with van der Waals surface area (Å²) in [4.78, 5) is 0. The minimum Gasteiger partial charge on any atom is -0.497 e. The molecule has 3 nitrogen and oxygen atoms in total. The van der Waals surface area contributed by atoms with E-state index in [4.69, 9.17) is 22.1 Å². The Bertz CT molecular complexity index is 572. The number of rotatable bonds is 4. The van der Waals surface area contributed by atoms with Crippen molar-refractivity contribution >= 4 is 23.0 Å². The smallest absolute Gasteiger partial charge is 0.122 e. The Morgan fingerprint density at radius 1 is 1.21 bits per heavy atom. The summed E-state index contributed by atoms with van der Waals surface area (Å²) >= 11 is 6.00. The van der Waals surface area contributed by atoms with E-state index in [1.54, 1.807) is 13.2 Å². The van der Waals surface area contributed by atoms with Crippen molar-refractivity contribution < 1.29 is 4.74 Å². The average molecular weight is 277 g/mol. The Kier molecular flexibility index (Phi) is 4.17. The highest BCUT2D eigenvalue weighted by atomic mass is 35.5. The molecule has 2 aromatic rings. The molecule has 1 unspecified atom stereocenters. The normalized spacial score (nSPS) is 11.9. The molecule has 0 saturated heterocycles. The molecule has 0 aliphatic carbocycles. The summed E-state index contributed by atoms with van der Waals surface area (Å²) in [5, 5.41) is 4.11. The first-order valence-electron chi connectivity index (χ1n) is 6.05. The third-order valence-electron chi connectivity index (χ3n) is 2.90. The molecule has 2 aromatic carbocycles. The number of nitrogens with two attached hydrogens (primary N) is 1. The highest BCUT2D eigenvalue weighted by molar-refractivity contribution is 6.30. The van der Waals surface area contributed by atoms with Crippen LogP contribution in [0.25, 0.3) is 0 Å². The maximum atomic E-state index is 6.00. The van der Waals surface area contributed by atoms with Gasteiger partial charge in [0.15, 0.2) is 0 Å². The van der Waals surface area contributed by atoms with Gasteiger partial charge in [-0.1, -0.05) is 23.7 Å². The fraction of sp³-hybridized carbons (Fsp3) is 0.200. The van der Waals surface area contributed by atoms with Crippen LogP contribution >= 0.6 is 11.6 Å². The number of hydrogen-bond acceptors (Lipinski definition) is 3. The van der Waals surface area contributed by atoms with Gasteiger partial charge in [0.2, 0.25) is 0 Å². The number of ether oxygens (including phenoxy) is 1. The van der Waals surface area contributed by atoms with Crippen LogP contribution in [0.15, 0.2) is 42.5 Å². The van der Waals surface area contributed by atoms with Crippen LogP contribution in [0.4, 0.5) is 11.4 Å². The summed E-state index contributed by atoms with van der Waals surface area (Å²) in [6.07, 6.45) is 0. The summed E-state index contributed by atoms with van der Waals surface area (Å²) in [6.45, 7) is 2.07. The quantitative estimate of drug-likeness (QED) is 0.827. The molecular formula is C15H17ClN2O. The van der Waals surface area contributed by atoms with Gasteiger partial charge in [0.1, 0.15) is 5.75 Å². The van der Waals surface area contributed by atoms with Crippen LogP contribution in [0.1, 0.15) is 18.5 Å². The second kappa shape index (κ2) is 5.85. The van der Waals surface area contributed by atoms with Crippen molar-refractivity contribution in [3.63, 3.8) is 0 Å². The average Bonchev–Trinajstić information content (AvgIpc) is 2.38. The van der Waals surface area contributed by atoms with Crippen LogP contribution in [0.2, 0.25) is 5.02 Å². The largest absolute Gasteiger partial charge is 0.497 e. The van der Waals surface area contributed by atoms with Gasteiger partial charge in [-0.15, -0.1) is 0 Å². The molecule has 4 heteroatoms. The Morgan fingerprint density at radius 3 is 2.68 bits per heavy atom. The van der Waals surface area contributed by atoms with Gasteiger partial charge in [0.25, 0.3) is 0 Å². The maximum Gasteiger partial charge on any atom is 0.122 e. The summed E-state index contributed by atoms with van der Waals surface area (Å²) in [5.41, 5.74) is 8.54. The Labute approximate surface area is 118 Å². The van der Waals surface area contributed by atoms with Gasteiger partial charge in [-0.3, -0.25) is 0 Å². The van der Waals surface area contributed by atoms with E-state index in [9.17, 15) is 0 Å². The Morgan fingerprint density at radius 2 is 2.00 bits per heavy atom. The first-order chi connectivity index (χ1) is 9.08. The van der Waals surface area contributed by atoms with E-state index in [1.807, 2.05) is 36.4 Å². The molecule has 0 bridgehead atoms. The number of halogens is 1. The molecule has 0 spiro atoms. The molecule has 3 N–H and O–H groups in total. The van der Waals surface area contributed by atoms with E-state index in [2.05, 4.69) is 12.2 Å². The summed E-state index contributed by atoms with van der Waals surface area (Å²) < 4.78 is 5.20. The van der Waals surface area contributed by atoms with E-state index in [-0.39, 0.29) is 6.04 Å². The number of methoxy groups -OCH3 is 1. The Balaban J connectivity index is 2.18. The van der Waals surface area contributed by atoms with Gasteiger partial charge < -0.3 is 15.8 Å². The van der Waals surface area contributed by atoms with Crippen molar-refractivity contribution in [2.45, 2.75) is 13.0 Å².